The fourth-order valence-electron chi connectivity index (χ4n) is 2.32. The summed E-state index contributed by atoms with van der Waals surface area (Å²) < 4.78 is 14.9. The highest BCUT2D eigenvalue weighted by atomic mass is 35.5. The summed E-state index contributed by atoms with van der Waals surface area (Å²) in [4.78, 5) is 36.1. The van der Waals surface area contributed by atoms with E-state index in [1.807, 2.05) is 6.07 Å². The largest absolute Gasteiger partial charge is 0.481 e. The fraction of sp³-hybridized carbons (Fsp3) is 0.200. The van der Waals surface area contributed by atoms with E-state index in [1.165, 1.54) is 57.5 Å². The van der Waals surface area contributed by atoms with Crippen molar-refractivity contribution in [3.63, 3.8) is 0 Å². The van der Waals surface area contributed by atoms with Gasteiger partial charge in [0.1, 0.15) is 11.8 Å². The molecule has 2 rings (SSSR count). The monoisotopic (exact) mass is 416 g/mol. The molecule has 29 heavy (non-hydrogen) atoms. The molecule has 0 radical (unpaired) electrons. The summed E-state index contributed by atoms with van der Waals surface area (Å²) in [5, 5.41) is 11.7. The zero-order valence-electron chi connectivity index (χ0n) is 15.8. The van der Waals surface area contributed by atoms with Crippen LogP contribution in [0.25, 0.3) is 0 Å². The van der Waals surface area contributed by atoms with Gasteiger partial charge in [-0.05, 0) is 43.3 Å². The summed E-state index contributed by atoms with van der Waals surface area (Å²) >= 11 is 5.95. The van der Waals surface area contributed by atoms with Crippen LogP contribution < -0.4 is 10.1 Å². The molecule has 0 saturated carbocycles. The number of hydrogen-bond donors (Lipinski definition) is 1. The molecule has 0 aliphatic heterocycles. The number of amides is 1. The Bertz CT molecular complexity index is 965. The maximum atomic E-state index is 12.4. The van der Waals surface area contributed by atoms with Crippen molar-refractivity contribution in [3.8, 4) is 11.8 Å². The second kappa shape index (κ2) is 9.57. The van der Waals surface area contributed by atoms with Crippen molar-refractivity contribution in [1.29, 1.82) is 5.26 Å². The molecule has 0 spiro atoms. The number of halogens is 1. The molecule has 1 N–H and O–H groups in total. The van der Waals surface area contributed by atoms with Crippen LogP contribution in [0.3, 0.4) is 0 Å². The van der Waals surface area contributed by atoms with Gasteiger partial charge in [0.05, 0.1) is 35.9 Å². The Labute approximate surface area is 171 Å². The van der Waals surface area contributed by atoms with Gasteiger partial charge in [0.25, 0.3) is 5.91 Å². The highest BCUT2D eigenvalue weighted by Gasteiger charge is 2.19. The highest BCUT2D eigenvalue weighted by molar-refractivity contribution is 6.32. The van der Waals surface area contributed by atoms with Crippen molar-refractivity contribution in [1.82, 2.24) is 0 Å². The predicted molar refractivity (Wildman–Crippen MR) is 104 cm³/mol. The number of rotatable bonds is 6. The topological polar surface area (TPSA) is 115 Å². The fourth-order valence-corrected chi connectivity index (χ4v) is 2.55. The first-order valence-electron chi connectivity index (χ1n) is 8.28. The van der Waals surface area contributed by atoms with Crippen LogP contribution in [0.5, 0.6) is 5.75 Å². The van der Waals surface area contributed by atoms with Crippen molar-refractivity contribution >= 4 is 35.1 Å². The van der Waals surface area contributed by atoms with Gasteiger partial charge in [0.2, 0.25) is 0 Å². The van der Waals surface area contributed by atoms with E-state index in [0.717, 1.165) is 0 Å². The number of methoxy groups -OCH3 is 2. The van der Waals surface area contributed by atoms with Crippen molar-refractivity contribution in [2.45, 2.75) is 13.0 Å². The minimum Gasteiger partial charge on any atom is -0.481 e. The Morgan fingerprint density at radius 1 is 1.03 bits per heavy atom. The van der Waals surface area contributed by atoms with Gasteiger partial charge in [0.15, 0.2) is 6.10 Å². The smallest absolute Gasteiger partial charge is 0.338 e. The number of carbonyl (C=O) groups is 3. The van der Waals surface area contributed by atoms with Crippen LogP contribution in [-0.2, 0) is 14.3 Å². The molecule has 9 heteroatoms. The molecule has 2 aromatic rings. The number of ether oxygens (including phenoxy) is 3. The summed E-state index contributed by atoms with van der Waals surface area (Å²) in [5.74, 6) is -1.75. The number of nitrogens with one attached hydrogen (secondary N) is 1. The minimum atomic E-state index is -0.984. The van der Waals surface area contributed by atoms with Gasteiger partial charge in [-0.2, -0.15) is 5.26 Å². The zero-order valence-corrected chi connectivity index (χ0v) is 16.6. The van der Waals surface area contributed by atoms with Crippen LogP contribution in [-0.4, -0.2) is 38.2 Å². The minimum absolute atomic E-state index is 0.0666. The summed E-state index contributed by atoms with van der Waals surface area (Å²) in [6, 6.07) is 10.4. The van der Waals surface area contributed by atoms with Crippen LogP contribution in [0.4, 0.5) is 5.69 Å². The van der Waals surface area contributed by atoms with E-state index < -0.39 is 23.9 Å². The first-order chi connectivity index (χ1) is 13.8. The molecule has 0 aliphatic rings. The number of carbonyl (C=O) groups excluding carboxylic acids is 3. The van der Waals surface area contributed by atoms with Gasteiger partial charge in [0, 0.05) is 5.69 Å². The number of hydrogen-bond acceptors (Lipinski definition) is 7. The Kier molecular flexibility index (Phi) is 7.17. The molecular formula is C20H17ClN2O6. The standard InChI is InChI=1S/C20H17ClN2O6/c1-11(18(24)23-15-5-4-12(10-22)17(21)9-15)29-16-7-13(19(25)27-2)6-14(8-16)20(26)28-3/h4-9,11H,1-3H3,(H,23,24)/t11-/m0/s1. The van der Waals surface area contributed by atoms with Crippen LogP contribution in [0.2, 0.25) is 5.02 Å². The molecule has 0 saturated heterocycles. The van der Waals surface area contributed by atoms with Gasteiger partial charge in [-0.15, -0.1) is 0 Å². The van der Waals surface area contributed by atoms with E-state index in [2.05, 4.69) is 14.8 Å². The number of anilines is 1. The van der Waals surface area contributed by atoms with E-state index in [-0.39, 0.29) is 27.5 Å². The first-order valence-corrected chi connectivity index (χ1v) is 8.65. The van der Waals surface area contributed by atoms with Gasteiger partial charge >= 0.3 is 11.9 Å². The van der Waals surface area contributed by atoms with E-state index in [4.69, 9.17) is 21.6 Å². The SMILES string of the molecule is COC(=O)c1cc(O[C@@H](C)C(=O)Nc2ccc(C#N)c(Cl)c2)cc(C(=O)OC)c1. The van der Waals surface area contributed by atoms with Crippen molar-refractivity contribution in [2.24, 2.45) is 0 Å². The third-order valence-electron chi connectivity index (χ3n) is 3.79. The van der Waals surface area contributed by atoms with Crippen LogP contribution in [0.15, 0.2) is 36.4 Å². The molecule has 0 bridgehead atoms. The number of nitrogens with zero attached hydrogens (tertiary/aromatic N) is 1. The van der Waals surface area contributed by atoms with Gasteiger partial charge in [-0.25, -0.2) is 9.59 Å². The third kappa shape index (κ3) is 5.46. The quantitative estimate of drug-likeness (QED) is 0.719. The van der Waals surface area contributed by atoms with Gasteiger partial charge < -0.3 is 19.5 Å². The summed E-state index contributed by atoms with van der Waals surface area (Å²) in [7, 11) is 2.40. The van der Waals surface area contributed by atoms with Crippen molar-refractivity contribution in [3.05, 3.63) is 58.1 Å². The third-order valence-corrected chi connectivity index (χ3v) is 4.10. The second-order valence-electron chi connectivity index (χ2n) is 5.78. The molecule has 150 valence electrons. The Hall–Kier alpha value is -3.57. The van der Waals surface area contributed by atoms with E-state index in [1.54, 1.807) is 0 Å². The average molecular weight is 417 g/mol. The Morgan fingerprint density at radius 3 is 2.10 bits per heavy atom. The van der Waals surface area contributed by atoms with Crippen molar-refractivity contribution < 1.29 is 28.6 Å². The summed E-state index contributed by atoms with van der Waals surface area (Å²) in [6.45, 7) is 1.49. The Balaban J connectivity index is 2.20. The molecule has 8 nitrogen and oxygen atoms in total. The number of nitriles is 1. The lowest BCUT2D eigenvalue weighted by atomic mass is 10.1. The number of benzene rings is 2. The van der Waals surface area contributed by atoms with Crippen molar-refractivity contribution in [2.75, 3.05) is 19.5 Å². The highest BCUT2D eigenvalue weighted by Crippen LogP contribution is 2.22. The molecule has 0 unspecified atom stereocenters. The normalized spacial score (nSPS) is 11.0. The first kappa shape index (κ1) is 21.7. The molecule has 0 aliphatic carbocycles. The molecule has 0 fully saturated rings. The van der Waals surface area contributed by atoms with Gasteiger partial charge in [-0.1, -0.05) is 11.6 Å². The van der Waals surface area contributed by atoms with Crippen LogP contribution >= 0.6 is 11.6 Å². The molecule has 2 aromatic carbocycles. The Morgan fingerprint density at radius 2 is 1.62 bits per heavy atom. The van der Waals surface area contributed by atoms with E-state index >= 15 is 0 Å². The van der Waals surface area contributed by atoms with E-state index in [9.17, 15) is 14.4 Å². The molecule has 0 aromatic heterocycles. The zero-order chi connectivity index (χ0) is 21.6. The lowest BCUT2D eigenvalue weighted by molar-refractivity contribution is -0.122. The second-order valence-corrected chi connectivity index (χ2v) is 6.19. The van der Waals surface area contributed by atoms with Crippen LogP contribution in [0.1, 0.15) is 33.2 Å². The summed E-state index contributed by atoms with van der Waals surface area (Å²) in [5.41, 5.74) is 0.797. The molecule has 1 atom stereocenters. The summed E-state index contributed by atoms with van der Waals surface area (Å²) in [6.07, 6.45) is -0.984. The maximum Gasteiger partial charge on any atom is 0.338 e. The lowest BCUT2D eigenvalue weighted by Gasteiger charge is -2.16. The van der Waals surface area contributed by atoms with Gasteiger partial charge in [-0.3, -0.25) is 4.79 Å². The van der Waals surface area contributed by atoms with E-state index in [0.29, 0.717) is 5.69 Å². The predicted octanol–water partition coefficient (Wildman–Crippen LogP) is 3.19. The lowest BCUT2D eigenvalue weighted by Crippen LogP contribution is -2.30. The average Bonchev–Trinajstić information content (AvgIpc) is 2.72. The molecule has 0 heterocycles. The molecular weight excluding hydrogens is 400 g/mol. The van der Waals surface area contributed by atoms with Crippen LogP contribution in [0, 0.1) is 11.3 Å². The molecule has 1 amide bonds. The maximum absolute atomic E-state index is 12.4. The number of esters is 2.